The summed E-state index contributed by atoms with van der Waals surface area (Å²) in [5.74, 6) is 2.55. The van der Waals surface area contributed by atoms with Crippen molar-refractivity contribution < 1.29 is 14.6 Å². The number of rotatable bonds is 4. The minimum Gasteiger partial charge on any atom is -0.423 e. The molecule has 4 saturated carbocycles. The van der Waals surface area contributed by atoms with Gasteiger partial charge in [0.05, 0.1) is 6.10 Å². The van der Waals surface area contributed by atoms with Crippen molar-refractivity contribution >= 4 is 5.97 Å². The van der Waals surface area contributed by atoms with Crippen LogP contribution < -0.4 is 4.74 Å². The molecule has 1 atom stereocenters. The van der Waals surface area contributed by atoms with Crippen molar-refractivity contribution in [3.8, 4) is 5.75 Å². The number of ether oxygens (including phenoxy) is 1. The molecule has 4 aliphatic carbocycles. The fourth-order valence-corrected chi connectivity index (χ4v) is 5.78. The molecule has 128 valence electrons. The molecule has 0 aromatic heterocycles. The molecule has 5 rings (SSSR count). The number of carbonyl (C=O) groups excluding carboxylic acids is 1. The molecule has 1 unspecified atom stereocenters. The Bertz CT molecular complexity index is 623. The molecule has 1 aromatic carbocycles. The summed E-state index contributed by atoms with van der Waals surface area (Å²) < 4.78 is 5.24. The molecular weight excluding hydrogens is 300 g/mol. The SMILES string of the molecule is C=C(C)C(=O)Oc1ccc(C(O)C23CC4CC(CC(C4)C2)C3)cc1. The van der Waals surface area contributed by atoms with Gasteiger partial charge < -0.3 is 9.84 Å². The first-order valence-corrected chi connectivity index (χ1v) is 9.11. The van der Waals surface area contributed by atoms with Gasteiger partial charge in [-0.05, 0) is 80.9 Å². The maximum atomic E-state index is 11.6. The van der Waals surface area contributed by atoms with Gasteiger partial charge in [-0.15, -0.1) is 0 Å². The number of aliphatic hydroxyl groups excluding tert-OH is 1. The lowest BCUT2D eigenvalue weighted by Gasteiger charge is -2.58. The molecule has 3 nitrogen and oxygen atoms in total. The summed E-state index contributed by atoms with van der Waals surface area (Å²) in [6.07, 6.45) is 7.24. The summed E-state index contributed by atoms with van der Waals surface area (Å²) in [5.41, 5.74) is 1.41. The molecule has 1 N–H and O–H groups in total. The summed E-state index contributed by atoms with van der Waals surface area (Å²) in [7, 11) is 0. The third-order valence-corrected chi connectivity index (χ3v) is 6.42. The zero-order valence-corrected chi connectivity index (χ0v) is 14.3. The molecule has 4 bridgehead atoms. The van der Waals surface area contributed by atoms with Gasteiger partial charge in [0.1, 0.15) is 5.75 Å². The molecule has 3 heteroatoms. The molecule has 0 saturated heterocycles. The van der Waals surface area contributed by atoms with E-state index in [9.17, 15) is 9.90 Å². The second-order valence-electron chi connectivity index (χ2n) is 8.42. The van der Waals surface area contributed by atoms with Crippen molar-refractivity contribution in [2.45, 2.75) is 51.6 Å². The molecular formula is C21H26O3. The molecule has 4 fully saturated rings. The van der Waals surface area contributed by atoms with Gasteiger partial charge in [-0.1, -0.05) is 18.7 Å². The van der Waals surface area contributed by atoms with Crippen LogP contribution in [0.3, 0.4) is 0 Å². The van der Waals surface area contributed by atoms with E-state index in [1.807, 2.05) is 12.1 Å². The fraction of sp³-hybridized carbons (Fsp3) is 0.571. The first-order chi connectivity index (χ1) is 11.4. The number of hydrogen-bond acceptors (Lipinski definition) is 3. The Morgan fingerprint density at radius 1 is 1.12 bits per heavy atom. The normalized spacial score (nSPS) is 34.8. The Morgan fingerprint density at radius 3 is 2.08 bits per heavy atom. The molecule has 0 amide bonds. The van der Waals surface area contributed by atoms with E-state index in [-0.39, 0.29) is 5.41 Å². The second kappa shape index (κ2) is 5.73. The minimum absolute atomic E-state index is 0.0741. The van der Waals surface area contributed by atoms with E-state index in [0.717, 1.165) is 23.3 Å². The highest BCUT2D eigenvalue weighted by Gasteiger charge is 2.54. The lowest BCUT2D eigenvalue weighted by Crippen LogP contribution is -2.48. The van der Waals surface area contributed by atoms with Crippen LogP contribution in [0.4, 0.5) is 0 Å². The molecule has 0 aliphatic heterocycles. The number of aliphatic hydroxyl groups is 1. The van der Waals surface area contributed by atoms with Crippen LogP contribution in [-0.2, 0) is 4.79 Å². The van der Waals surface area contributed by atoms with Gasteiger partial charge in [-0.25, -0.2) is 4.79 Å². The largest absolute Gasteiger partial charge is 0.423 e. The summed E-state index contributed by atoms with van der Waals surface area (Å²) in [6, 6.07) is 7.37. The van der Waals surface area contributed by atoms with Crippen LogP contribution in [0.25, 0.3) is 0 Å². The van der Waals surface area contributed by atoms with Gasteiger partial charge in [-0.2, -0.15) is 0 Å². The minimum atomic E-state index is -0.413. The summed E-state index contributed by atoms with van der Waals surface area (Å²) >= 11 is 0. The predicted molar refractivity (Wildman–Crippen MR) is 92.5 cm³/mol. The van der Waals surface area contributed by atoms with Gasteiger partial charge in [0, 0.05) is 11.0 Å². The Morgan fingerprint density at radius 2 is 1.62 bits per heavy atom. The quantitative estimate of drug-likeness (QED) is 0.506. The zero-order valence-electron chi connectivity index (χ0n) is 14.3. The van der Waals surface area contributed by atoms with E-state index in [4.69, 9.17) is 4.74 Å². The topological polar surface area (TPSA) is 46.5 Å². The van der Waals surface area contributed by atoms with Gasteiger partial charge >= 0.3 is 5.97 Å². The van der Waals surface area contributed by atoms with E-state index in [2.05, 4.69) is 6.58 Å². The maximum Gasteiger partial charge on any atom is 0.338 e. The number of benzene rings is 1. The monoisotopic (exact) mass is 326 g/mol. The Balaban J connectivity index is 1.51. The van der Waals surface area contributed by atoms with Crippen molar-refractivity contribution in [2.75, 3.05) is 0 Å². The highest BCUT2D eigenvalue weighted by molar-refractivity contribution is 5.88. The first kappa shape index (κ1) is 15.9. The number of hydrogen-bond donors (Lipinski definition) is 1. The third kappa shape index (κ3) is 2.69. The lowest BCUT2D eigenvalue weighted by atomic mass is 9.47. The molecule has 0 heterocycles. The van der Waals surface area contributed by atoms with E-state index >= 15 is 0 Å². The van der Waals surface area contributed by atoms with E-state index < -0.39 is 12.1 Å². The first-order valence-electron chi connectivity index (χ1n) is 9.11. The van der Waals surface area contributed by atoms with Crippen molar-refractivity contribution in [1.29, 1.82) is 0 Å². The zero-order chi connectivity index (χ0) is 16.9. The number of esters is 1. The van der Waals surface area contributed by atoms with Crippen LogP contribution in [0.15, 0.2) is 36.4 Å². The van der Waals surface area contributed by atoms with Gasteiger partial charge in [0.15, 0.2) is 0 Å². The smallest absolute Gasteiger partial charge is 0.338 e. The summed E-state index contributed by atoms with van der Waals surface area (Å²) in [4.78, 5) is 11.6. The standard InChI is InChI=1S/C21H26O3/c1-13(2)20(23)24-18-5-3-17(4-6-18)19(22)21-10-14-7-15(11-21)9-16(8-14)12-21/h3-6,14-16,19,22H,1,7-12H2,2H3. The molecule has 1 aromatic rings. The highest BCUT2D eigenvalue weighted by atomic mass is 16.5. The third-order valence-electron chi connectivity index (χ3n) is 6.42. The molecule has 0 radical (unpaired) electrons. The fourth-order valence-electron chi connectivity index (χ4n) is 5.78. The molecule has 24 heavy (non-hydrogen) atoms. The van der Waals surface area contributed by atoms with Crippen molar-refractivity contribution in [2.24, 2.45) is 23.2 Å². The van der Waals surface area contributed by atoms with Gasteiger partial charge in [0.2, 0.25) is 0 Å². The Kier molecular flexibility index (Phi) is 3.80. The van der Waals surface area contributed by atoms with Crippen LogP contribution >= 0.6 is 0 Å². The van der Waals surface area contributed by atoms with Crippen LogP contribution in [0.1, 0.15) is 57.1 Å². The Labute approximate surface area is 143 Å². The number of carbonyl (C=O) groups is 1. The maximum absolute atomic E-state index is 11.6. The predicted octanol–water partition coefficient (Wildman–Crippen LogP) is 4.42. The Hall–Kier alpha value is -1.61. The van der Waals surface area contributed by atoms with Crippen molar-refractivity contribution in [3.63, 3.8) is 0 Å². The summed E-state index contributed by atoms with van der Waals surface area (Å²) in [5, 5.41) is 11.1. The van der Waals surface area contributed by atoms with Crippen LogP contribution in [-0.4, -0.2) is 11.1 Å². The summed E-state index contributed by atoms with van der Waals surface area (Å²) in [6.45, 7) is 5.22. The van der Waals surface area contributed by atoms with Crippen LogP contribution in [0.5, 0.6) is 5.75 Å². The highest BCUT2D eigenvalue weighted by Crippen LogP contribution is 2.64. The van der Waals surface area contributed by atoms with Crippen molar-refractivity contribution in [1.82, 2.24) is 0 Å². The molecule has 4 aliphatic rings. The lowest BCUT2D eigenvalue weighted by molar-refractivity contribution is -0.130. The van der Waals surface area contributed by atoms with Gasteiger partial charge in [0.25, 0.3) is 0 Å². The van der Waals surface area contributed by atoms with E-state index in [0.29, 0.717) is 11.3 Å². The van der Waals surface area contributed by atoms with E-state index in [1.165, 1.54) is 38.5 Å². The molecule has 0 spiro atoms. The van der Waals surface area contributed by atoms with Crippen LogP contribution in [0.2, 0.25) is 0 Å². The van der Waals surface area contributed by atoms with Crippen LogP contribution in [0, 0.1) is 23.2 Å². The second-order valence-corrected chi connectivity index (χ2v) is 8.42. The van der Waals surface area contributed by atoms with Gasteiger partial charge in [-0.3, -0.25) is 0 Å². The van der Waals surface area contributed by atoms with Crippen molar-refractivity contribution in [3.05, 3.63) is 42.0 Å². The average Bonchev–Trinajstić information content (AvgIpc) is 2.53. The van der Waals surface area contributed by atoms with E-state index in [1.54, 1.807) is 19.1 Å². The average molecular weight is 326 g/mol.